The number of aliphatic carboxylic acids is 1. The molecule has 0 rings (SSSR count). The summed E-state index contributed by atoms with van der Waals surface area (Å²) in [5, 5.41) is 11.3. The molecule has 2 N–H and O–H groups in total. The molecule has 0 saturated heterocycles. The number of carboxylic acids is 1. The quantitative estimate of drug-likeness (QED) is 0.417. The third-order valence-corrected chi connectivity index (χ3v) is 1.58. The van der Waals surface area contributed by atoms with Crippen LogP contribution in [0.4, 0.5) is 0 Å². The molecule has 0 spiro atoms. The van der Waals surface area contributed by atoms with Crippen LogP contribution in [0.2, 0.25) is 0 Å². The molecule has 0 heterocycles. The Morgan fingerprint density at radius 1 is 1.38 bits per heavy atom. The average molecular weight is 229 g/mol. The second kappa shape index (κ2) is 6.27. The third-order valence-electron chi connectivity index (χ3n) is 1.58. The first-order chi connectivity index (χ1) is 7.22. The maximum atomic E-state index is 11.2. The molecule has 5 heteroatoms. The van der Waals surface area contributed by atoms with E-state index in [0.717, 1.165) is 0 Å². The van der Waals surface area contributed by atoms with Gasteiger partial charge in [0.05, 0.1) is 6.54 Å². The molecule has 0 aromatic rings. The number of rotatable bonds is 5. The lowest BCUT2D eigenvalue weighted by molar-refractivity contribution is -0.153. The predicted octanol–water partition coefficient (Wildman–Crippen LogP) is 0.949. The van der Waals surface area contributed by atoms with Crippen molar-refractivity contribution in [2.45, 2.75) is 33.3 Å². The lowest BCUT2D eigenvalue weighted by Gasteiger charge is -2.19. The van der Waals surface area contributed by atoms with Gasteiger partial charge in [-0.1, -0.05) is 6.08 Å². The molecule has 5 nitrogen and oxygen atoms in total. The highest BCUT2D eigenvalue weighted by Gasteiger charge is 2.15. The summed E-state index contributed by atoms with van der Waals surface area (Å²) < 4.78 is 5.05. The fourth-order valence-corrected chi connectivity index (χ4v) is 0.864. The van der Waals surface area contributed by atoms with Crippen molar-refractivity contribution in [3.05, 3.63) is 11.6 Å². The molecule has 0 saturated carbocycles. The summed E-state index contributed by atoms with van der Waals surface area (Å²) in [5.41, 5.74) is -0.248. The Hall–Kier alpha value is -1.36. The van der Waals surface area contributed by atoms with Crippen molar-refractivity contribution in [1.29, 1.82) is 0 Å². The van der Waals surface area contributed by atoms with Crippen molar-refractivity contribution in [3.8, 4) is 0 Å². The van der Waals surface area contributed by atoms with Gasteiger partial charge in [0.1, 0.15) is 5.60 Å². The van der Waals surface area contributed by atoms with E-state index in [0.29, 0.717) is 6.54 Å². The number of ether oxygens (including phenoxy) is 1. The van der Waals surface area contributed by atoms with Crippen LogP contribution in [0.15, 0.2) is 11.6 Å². The molecular formula is C11H19NO4. The van der Waals surface area contributed by atoms with Crippen molar-refractivity contribution < 1.29 is 19.4 Å². The molecule has 0 amide bonds. The minimum atomic E-state index is -0.959. The van der Waals surface area contributed by atoms with Crippen LogP contribution >= 0.6 is 0 Å². The number of carbonyl (C=O) groups excluding carboxylic acids is 1. The second-order valence-electron chi connectivity index (χ2n) is 4.41. The zero-order valence-electron chi connectivity index (χ0n) is 10.2. The third kappa shape index (κ3) is 7.99. The normalized spacial score (nSPS) is 12.4. The molecule has 0 aliphatic carbocycles. The largest absolute Gasteiger partial charge is 0.478 e. The minimum absolute atomic E-state index is 0.0701. The summed E-state index contributed by atoms with van der Waals surface area (Å²) in [7, 11) is 0. The molecule has 0 fully saturated rings. The summed E-state index contributed by atoms with van der Waals surface area (Å²) in [4.78, 5) is 21.6. The molecule has 0 radical (unpaired) electrons. The van der Waals surface area contributed by atoms with Gasteiger partial charge in [0.2, 0.25) is 0 Å². The van der Waals surface area contributed by atoms with Gasteiger partial charge in [0.25, 0.3) is 0 Å². The fraction of sp³-hybridized carbons (Fsp3) is 0.636. The zero-order chi connectivity index (χ0) is 12.8. The van der Waals surface area contributed by atoms with Crippen LogP contribution in [-0.2, 0) is 14.3 Å². The van der Waals surface area contributed by atoms with Gasteiger partial charge in [0, 0.05) is 12.1 Å². The van der Waals surface area contributed by atoms with E-state index in [1.807, 2.05) is 0 Å². The van der Waals surface area contributed by atoms with E-state index in [1.165, 1.54) is 13.0 Å². The highest BCUT2D eigenvalue weighted by molar-refractivity contribution is 5.85. The summed E-state index contributed by atoms with van der Waals surface area (Å²) in [6.07, 6.45) is 1.51. The highest BCUT2D eigenvalue weighted by Crippen LogP contribution is 2.06. The van der Waals surface area contributed by atoms with E-state index >= 15 is 0 Å². The Morgan fingerprint density at radius 2 is 1.94 bits per heavy atom. The zero-order valence-corrected chi connectivity index (χ0v) is 10.2. The predicted molar refractivity (Wildman–Crippen MR) is 60.1 cm³/mol. The van der Waals surface area contributed by atoms with Crippen molar-refractivity contribution in [1.82, 2.24) is 5.32 Å². The smallest absolute Gasteiger partial charge is 0.330 e. The summed E-state index contributed by atoms with van der Waals surface area (Å²) in [6.45, 7) is 7.27. The Bertz CT molecular complexity index is 289. The number of esters is 1. The number of carbonyl (C=O) groups is 2. The standard InChI is InChI=1S/C11H19NO4/c1-8(10(14)15)5-6-12-7-9(13)16-11(2,3)4/h5,12H,6-7H2,1-4H3,(H,14,15). The number of hydrogen-bond donors (Lipinski definition) is 2. The number of hydrogen-bond acceptors (Lipinski definition) is 4. The average Bonchev–Trinajstić information content (AvgIpc) is 2.08. The van der Waals surface area contributed by atoms with E-state index in [2.05, 4.69) is 5.32 Å². The molecular weight excluding hydrogens is 210 g/mol. The minimum Gasteiger partial charge on any atom is -0.478 e. The van der Waals surface area contributed by atoms with Gasteiger partial charge < -0.3 is 15.2 Å². The van der Waals surface area contributed by atoms with Crippen molar-refractivity contribution >= 4 is 11.9 Å². The van der Waals surface area contributed by atoms with Gasteiger partial charge in [0.15, 0.2) is 0 Å². The van der Waals surface area contributed by atoms with E-state index < -0.39 is 11.6 Å². The van der Waals surface area contributed by atoms with Gasteiger partial charge in [-0.05, 0) is 27.7 Å². The van der Waals surface area contributed by atoms with Gasteiger partial charge >= 0.3 is 11.9 Å². The first-order valence-electron chi connectivity index (χ1n) is 5.05. The molecule has 0 unspecified atom stereocenters. The molecule has 0 atom stereocenters. The van der Waals surface area contributed by atoms with Crippen LogP contribution in [0.5, 0.6) is 0 Å². The highest BCUT2D eigenvalue weighted by atomic mass is 16.6. The lowest BCUT2D eigenvalue weighted by atomic mass is 10.2. The maximum absolute atomic E-state index is 11.2. The van der Waals surface area contributed by atoms with Gasteiger partial charge in [-0.25, -0.2) is 4.79 Å². The van der Waals surface area contributed by atoms with Crippen LogP contribution in [0.1, 0.15) is 27.7 Å². The van der Waals surface area contributed by atoms with E-state index in [1.54, 1.807) is 20.8 Å². The Balaban J connectivity index is 3.80. The van der Waals surface area contributed by atoms with Crippen LogP contribution < -0.4 is 5.32 Å². The summed E-state index contributed by atoms with van der Waals surface area (Å²) >= 11 is 0. The Kier molecular flexibility index (Phi) is 5.74. The van der Waals surface area contributed by atoms with Crippen LogP contribution in [0.3, 0.4) is 0 Å². The lowest BCUT2D eigenvalue weighted by Crippen LogP contribution is -2.31. The van der Waals surface area contributed by atoms with E-state index in [-0.39, 0.29) is 18.1 Å². The Labute approximate surface area is 95.5 Å². The van der Waals surface area contributed by atoms with Gasteiger partial charge in [-0.2, -0.15) is 0 Å². The number of carboxylic acid groups (broad SMARTS) is 1. The van der Waals surface area contributed by atoms with Gasteiger partial charge in [-0.15, -0.1) is 0 Å². The second-order valence-corrected chi connectivity index (χ2v) is 4.41. The molecule has 0 bridgehead atoms. The van der Waals surface area contributed by atoms with Crippen LogP contribution in [-0.4, -0.2) is 35.7 Å². The van der Waals surface area contributed by atoms with E-state index in [9.17, 15) is 9.59 Å². The van der Waals surface area contributed by atoms with E-state index in [4.69, 9.17) is 9.84 Å². The summed E-state index contributed by atoms with van der Waals surface area (Å²) in [5.74, 6) is -1.31. The fourth-order valence-electron chi connectivity index (χ4n) is 0.864. The molecule has 16 heavy (non-hydrogen) atoms. The van der Waals surface area contributed by atoms with Crippen molar-refractivity contribution in [2.24, 2.45) is 0 Å². The van der Waals surface area contributed by atoms with Crippen LogP contribution in [0, 0.1) is 0 Å². The molecule has 0 aromatic carbocycles. The molecule has 0 aromatic heterocycles. The monoisotopic (exact) mass is 229 g/mol. The maximum Gasteiger partial charge on any atom is 0.330 e. The summed E-state index contributed by atoms with van der Waals surface area (Å²) in [6, 6.07) is 0. The first-order valence-corrected chi connectivity index (χ1v) is 5.05. The SMILES string of the molecule is CC(=CCNCC(=O)OC(C)(C)C)C(=O)O. The van der Waals surface area contributed by atoms with Crippen LogP contribution in [0.25, 0.3) is 0 Å². The molecule has 0 aliphatic rings. The Morgan fingerprint density at radius 3 is 2.38 bits per heavy atom. The number of nitrogens with one attached hydrogen (secondary N) is 1. The van der Waals surface area contributed by atoms with Crippen molar-refractivity contribution in [3.63, 3.8) is 0 Å². The molecule has 0 aliphatic heterocycles. The van der Waals surface area contributed by atoms with Gasteiger partial charge in [-0.3, -0.25) is 4.79 Å². The molecule has 92 valence electrons. The van der Waals surface area contributed by atoms with Crippen molar-refractivity contribution in [2.75, 3.05) is 13.1 Å². The first kappa shape index (κ1) is 14.6. The topological polar surface area (TPSA) is 75.6 Å².